The number of rotatable bonds is 4. The summed E-state index contributed by atoms with van der Waals surface area (Å²) in [5.41, 5.74) is -0.402. The quantitative estimate of drug-likeness (QED) is 0.636. The van der Waals surface area contributed by atoms with E-state index < -0.39 is 23.6 Å². The van der Waals surface area contributed by atoms with Crippen LogP contribution in [0.1, 0.15) is 64.0 Å². The summed E-state index contributed by atoms with van der Waals surface area (Å²) in [4.78, 5) is 12.5. The van der Waals surface area contributed by atoms with E-state index in [1.54, 1.807) is 13.0 Å². The SMILES string of the molecule is CC(C)[C@H]1CC[C@H](C)C[C@@H]1OC(=O)[C@@H](C)c1cccc(C(F)(F)F)c1. The molecule has 0 amide bonds. The second-order valence-electron chi connectivity index (χ2n) is 7.65. The number of alkyl halides is 3. The van der Waals surface area contributed by atoms with Crippen molar-refractivity contribution in [1.82, 2.24) is 0 Å². The fraction of sp³-hybridized carbons (Fsp3) is 0.650. The Balaban J connectivity index is 2.11. The number of carbonyl (C=O) groups is 1. The molecule has 0 unspecified atom stereocenters. The lowest BCUT2D eigenvalue weighted by Gasteiger charge is -2.37. The Labute approximate surface area is 147 Å². The van der Waals surface area contributed by atoms with E-state index in [1.807, 2.05) is 0 Å². The normalized spacial score (nSPS) is 25.7. The number of hydrogen-bond donors (Lipinski definition) is 0. The number of halogens is 3. The van der Waals surface area contributed by atoms with Gasteiger partial charge in [-0.15, -0.1) is 0 Å². The lowest BCUT2D eigenvalue weighted by atomic mass is 9.75. The summed E-state index contributed by atoms with van der Waals surface area (Å²) in [5.74, 6) is 0.0658. The predicted octanol–water partition coefficient (Wildman–Crippen LogP) is 5.81. The molecule has 4 atom stereocenters. The first-order chi connectivity index (χ1) is 11.6. The molecular weight excluding hydrogens is 329 g/mol. The van der Waals surface area contributed by atoms with E-state index in [0.717, 1.165) is 31.4 Å². The molecule has 1 saturated carbocycles. The smallest absolute Gasteiger partial charge is 0.416 e. The van der Waals surface area contributed by atoms with Crippen LogP contribution in [0, 0.1) is 17.8 Å². The van der Waals surface area contributed by atoms with Gasteiger partial charge in [0.05, 0.1) is 11.5 Å². The van der Waals surface area contributed by atoms with Crippen LogP contribution >= 0.6 is 0 Å². The van der Waals surface area contributed by atoms with E-state index in [9.17, 15) is 18.0 Å². The fourth-order valence-electron chi connectivity index (χ4n) is 3.62. The summed E-state index contributed by atoms with van der Waals surface area (Å²) in [6, 6.07) is 4.93. The van der Waals surface area contributed by atoms with E-state index in [4.69, 9.17) is 4.74 Å². The first-order valence-electron chi connectivity index (χ1n) is 8.97. The van der Waals surface area contributed by atoms with Crippen LogP contribution in [0.4, 0.5) is 13.2 Å². The third kappa shape index (κ3) is 4.99. The Bertz CT molecular complexity index is 595. The highest BCUT2D eigenvalue weighted by atomic mass is 19.4. The van der Waals surface area contributed by atoms with E-state index >= 15 is 0 Å². The van der Waals surface area contributed by atoms with Gasteiger partial charge in [0.1, 0.15) is 6.10 Å². The van der Waals surface area contributed by atoms with Crippen molar-refractivity contribution in [3.8, 4) is 0 Å². The van der Waals surface area contributed by atoms with Crippen molar-refractivity contribution < 1.29 is 22.7 Å². The van der Waals surface area contributed by atoms with Crippen LogP contribution in [0.5, 0.6) is 0 Å². The molecule has 0 N–H and O–H groups in total. The molecule has 5 heteroatoms. The largest absolute Gasteiger partial charge is 0.462 e. The second kappa shape index (κ2) is 7.79. The van der Waals surface area contributed by atoms with Crippen molar-refractivity contribution in [2.45, 2.75) is 65.2 Å². The van der Waals surface area contributed by atoms with Crippen LogP contribution in [-0.2, 0) is 15.7 Å². The Hall–Kier alpha value is -1.52. The van der Waals surface area contributed by atoms with Crippen LogP contribution in [0.2, 0.25) is 0 Å². The molecule has 0 heterocycles. The van der Waals surface area contributed by atoms with Crippen molar-refractivity contribution in [1.29, 1.82) is 0 Å². The third-order valence-electron chi connectivity index (χ3n) is 5.30. The molecule has 1 fully saturated rings. The van der Waals surface area contributed by atoms with Gasteiger partial charge in [0, 0.05) is 0 Å². The van der Waals surface area contributed by atoms with Gasteiger partial charge in [-0.3, -0.25) is 4.79 Å². The second-order valence-corrected chi connectivity index (χ2v) is 7.65. The minimum Gasteiger partial charge on any atom is -0.462 e. The summed E-state index contributed by atoms with van der Waals surface area (Å²) in [6.45, 7) is 8.00. The van der Waals surface area contributed by atoms with E-state index in [1.165, 1.54) is 6.07 Å². The van der Waals surface area contributed by atoms with Gasteiger partial charge in [0.15, 0.2) is 0 Å². The summed E-state index contributed by atoms with van der Waals surface area (Å²) in [7, 11) is 0. The monoisotopic (exact) mass is 356 g/mol. The molecule has 0 spiro atoms. The maximum Gasteiger partial charge on any atom is 0.416 e. The van der Waals surface area contributed by atoms with E-state index in [-0.39, 0.29) is 6.10 Å². The van der Waals surface area contributed by atoms with Gasteiger partial charge < -0.3 is 4.74 Å². The molecular formula is C20H27F3O2. The molecule has 0 radical (unpaired) electrons. The van der Waals surface area contributed by atoms with Gasteiger partial charge >= 0.3 is 12.1 Å². The fourth-order valence-corrected chi connectivity index (χ4v) is 3.62. The molecule has 1 aromatic rings. The van der Waals surface area contributed by atoms with Crippen LogP contribution < -0.4 is 0 Å². The first kappa shape index (κ1) is 19.8. The highest BCUT2D eigenvalue weighted by Gasteiger charge is 2.35. The van der Waals surface area contributed by atoms with Gasteiger partial charge in [-0.2, -0.15) is 13.2 Å². The van der Waals surface area contributed by atoms with Crippen LogP contribution in [-0.4, -0.2) is 12.1 Å². The Kier molecular flexibility index (Phi) is 6.17. The summed E-state index contributed by atoms with van der Waals surface area (Å²) >= 11 is 0. The van der Waals surface area contributed by atoms with Crippen molar-refractivity contribution in [2.75, 3.05) is 0 Å². The van der Waals surface area contributed by atoms with Crippen LogP contribution in [0.25, 0.3) is 0 Å². The number of ether oxygens (including phenoxy) is 1. The van der Waals surface area contributed by atoms with Gasteiger partial charge in [-0.25, -0.2) is 0 Å². The van der Waals surface area contributed by atoms with Crippen LogP contribution in [0.3, 0.4) is 0 Å². The molecule has 25 heavy (non-hydrogen) atoms. The third-order valence-corrected chi connectivity index (χ3v) is 5.30. The zero-order valence-corrected chi connectivity index (χ0v) is 15.3. The lowest BCUT2D eigenvalue weighted by molar-refractivity contribution is -0.157. The average Bonchev–Trinajstić information content (AvgIpc) is 2.53. The number of hydrogen-bond acceptors (Lipinski definition) is 2. The molecule has 2 nitrogen and oxygen atoms in total. The zero-order chi connectivity index (χ0) is 18.8. The standard InChI is InChI=1S/C20H27F3O2/c1-12(2)17-9-8-13(3)10-18(17)25-19(24)14(4)15-6-5-7-16(11-15)20(21,22)23/h5-7,11-14,17-18H,8-10H2,1-4H3/t13-,14-,17+,18-/m0/s1. The molecule has 0 aliphatic heterocycles. The van der Waals surface area contributed by atoms with Crippen molar-refractivity contribution >= 4 is 5.97 Å². The van der Waals surface area contributed by atoms with E-state index in [0.29, 0.717) is 23.3 Å². The average molecular weight is 356 g/mol. The Morgan fingerprint density at radius 3 is 2.48 bits per heavy atom. The number of esters is 1. The van der Waals surface area contributed by atoms with Gasteiger partial charge in [0.2, 0.25) is 0 Å². The molecule has 1 aliphatic carbocycles. The molecule has 0 saturated heterocycles. The number of carbonyl (C=O) groups excluding carboxylic acids is 1. The van der Waals surface area contributed by atoms with Crippen molar-refractivity contribution in [3.05, 3.63) is 35.4 Å². The van der Waals surface area contributed by atoms with Gasteiger partial charge in [-0.1, -0.05) is 45.4 Å². The highest BCUT2D eigenvalue weighted by Crippen LogP contribution is 2.36. The maximum atomic E-state index is 12.9. The summed E-state index contributed by atoms with van der Waals surface area (Å²) in [6.07, 6.45) is -1.59. The minimum absolute atomic E-state index is 0.149. The lowest BCUT2D eigenvalue weighted by Crippen LogP contribution is -2.36. The van der Waals surface area contributed by atoms with Gasteiger partial charge in [-0.05, 0) is 49.1 Å². The molecule has 2 rings (SSSR count). The molecule has 0 aromatic heterocycles. The summed E-state index contributed by atoms with van der Waals surface area (Å²) in [5, 5.41) is 0. The Morgan fingerprint density at radius 2 is 1.88 bits per heavy atom. The summed E-state index contributed by atoms with van der Waals surface area (Å²) < 4.78 is 44.4. The molecule has 140 valence electrons. The van der Waals surface area contributed by atoms with Crippen LogP contribution in [0.15, 0.2) is 24.3 Å². The molecule has 0 bridgehead atoms. The van der Waals surface area contributed by atoms with E-state index in [2.05, 4.69) is 20.8 Å². The zero-order valence-electron chi connectivity index (χ0n) is 15.3. The maximum absolute atomic E-state index is 12.9. The Morgan fingerprint density at radius 1 is 1.20 bits per heavy atom. The predicted molar refractivity (Wildman–Crippen MR) is 91.1 cm³/mol. The number of benzene rings is 1. The first-order valence-corrected chi connectivity index (χ1v) is 8.97. The van der Waals surface area contributed by atoms with Crippen molar-refractivity contribution in [2.24, 2.45) is 17.8 Å². The topological polar surface area (TPSA) is 26.3 Å². The molecule has 1 aliphatic rings. The van der Waals surface area contributed by atoms with Gasteiger partial charge in [0.25, 0.3) is 0 Å². The minimum atomic E-state index is -4.42. The van der Waals surface area contributed by atoms with Crippen molar-refractivity contribution in [3.63, 3.8) is 0 Å². The molecule has 1 aromatic carbocycles. The highest BCUT2D eigenvalue weighted by molar-refractivity contribution is 5.78.